The van der Waals surface area contributed by atoms with E-state index in [0.717, 1.165) is 50.6 Å². The van der Waals surface area contributed by atoms with Crippen molar-refractivity contribution in [2.45, 2.75) is 0 Å². The molecule has 18 nitrogen and oxygen atoms in total. The normalized spacial score (nSPS) is 10.2. The average Bonchev–Trinajstić information content (AvgIpc) is 0.713. The number of hydrogen-bond acceptors (Lipinski definition) is 18. The average molecular weight is 1580 g/mol. The lowest BCUT2D eigenvalue weighted by Crippen LogP contribution is -2.04. The molecule has 4 heterocycles. The molecule has 572 valence electrons. The molecule has 0 bridgehead atoms. The molecule has 0 spiro atoms. The number of rotatable bonds is 13. The van der Waals surface area contributed by atoms with Crippen molar-refractivity contribution in [3.63, 3.8) is 0 Å². The van der Waals surface area contributed by atoms with Crippen LogP contribution in [0.3, 0.4) is 0 Å². The van der Waals surface area contributed by atoms with Gasteiger partial charge in [0, 0.05) is 55.6 Å². The Kier molecular flexibility index (Phi) is 24.8. The first kappa shape index (κ1) is 80.3. The molecule has 0 aliphatic rings. The minimum atomic E-state index is -0.783. The van der Waals surface area contributed by atoms with Crippen LogP contribution in [0.1, 0.15) is 44.5 Å². The molecule has 122 heavy (non-hydrogen) atoms. The molecule has 0 atom stereocenters. The van der Waals surface area contributed by atoms with Gasteiger partial charge in [0.05, 0.1) is 108 Å². The van der Waals surface area contributed by atoms with Gasteiger partial charge in [0.25, 0.3) is 0 Å². The predicted molar refractivity (Wildman–Crippen MR) is 452 cm³/mol. The van der Waals surface area contributed by atoms with Gasteiger partial charge in [-0.05, 0) is 60.2 Å². The van der Waals surface area contributed by atoms with Gasteiger partial charge >= 0.3 is 0 Å². The third kappa shape index (κ3) is 18.2. The number of halogens is 4. The highest BCUT2D eigenvalue weighted by molar-refractivity contribution is 5.83. The molecule has 17 aromatic rings. The highest BCUT2D eigenvalue weighted by Crippen LogP contribution is 2.38. The van der Waals surface area contributed by atoms with E-state index >= 15 is 4.39 Å². The fraction of sp³-hybridized carbons (Fsp3) is 0. The summed E-state index contributed by atoms with van der Waals surface area (Å²) >= 11 is 0. The zero-order chi connectivity index (χ0) is 84.9. The maximum absolute atomic E-state index is 15.9. The first-order chi connectivity index (χ1) is 59.8. The van der Waals surface area contributed by atoms with Crippen molar-refractivity contribution in [2.24, 2.45) is 0 Å². The lowest BCUT2D eigenvalue weighted by molar-refractivity contribution is 0.624. The zero-order valence-corrected chi connectivity index (χ0v) is 63.7. The smallest absolute Gasteiger partial charge is 0.167 e. The van der Waals surface area contributed by atoms with Gasteiger partial charge in [-0.25, -0.2) is 67.4 Å². The quantitative estimate of drug-likeness (QED) is 0.0968. The lowest BCUT2D eigenvalue weighted by atomic mass is 9.92. The Morgan fingerprint density at radius 2 is 0.451 bits per heavy atom. The van der Waals surface area contributed by atoms with E-state index in [4.69, 9.17) is 5.26 Å². The largest absolute Gasteiger partial charge is 0.228 e. The van der Waals surface area contributed by atoms with Crippen molar-refractivity contribution in [3.05, 3.63) is 395 Å². The Balaban J connectivity index is 0.000000133. The van der Waals surface area contributed by atoms with Crippen molar-refractivity contribution < 1.29 is 17.6 Å². The van der Waals surface area contributed by atoms with E-state index in [0.29, 0.717) is 51.6 Å². The minimum absolute atomic E-state index is 0.0163. The van der Waals surface area contributed by atoms with Crippen molar-refractivity contribution in [2.75, 3.05) is 0 Å². The Bertz CT molecular complexity index is 6700. The molecule has 0 saturated carbocycles. The van der Waals surface area contributed by atoms with Gasteiger partial charge in [-0.1, -0.05) is 273 Å². The van der Waals surface area contributed by atoms with Gasteiger partial charge in [-0.15, -0.1) is 0 Å². The van der Waals surface area contributed by atoms with Crippen LogP contribution in [0.5, 0.6) is 0 Å². The fourth-order valence-corrected chi connectivity index (χ4v) is 12.7. The Labute approximate surface area is 696 Å². The SMILES string of the molecule is N#Cc1cc(-c2nc(-c3ccccc3)nc(-c3ccccc3)n2)c(F)c(C#N)c1-c1ccccc1.N#Cc1cc(C#N)c(-c2nc(-c3ccccc3)cc(-c3ccccc3)n2)cc1F.N#Cc1cc(C#N)c(F)c(-c2nc(-c3ccccc3)cc(-c3ccccc3)n2)c1.N#Cc1cc(C#N)c(F)c(-c2nc(-c3ccccc3)nc(-c3ccccc3)n2)c1. The van der Waals surface area contributed by atoms with Crippen molar-refractivity contribution in [1.29, 1.82) is 42.1 Å². The third-order valence-electron chi connectivity index (χ3n) is 18.6. The summed E-state index contributed by atoms with van der Waals surface area (Å²) in [6.07, 6.45) is 0. The second kappa shape index (κ2) is 37.8. The highest BCUT2D eigenvalue weighted by Gasteiger charge is 2.26. The molecule has 0 N–H and O–H groups in total. The second-order valence-corrected chi connectivity index (χ2v) is 26.4. The number of nitrogens with zero attached hydrogens (tertiary/aromatic N) is 18. The van der Waals surface area contributed by atoms with Crippen LogP contribution in [0.2, 0.25) is 0 Å². The van der Waals surface area contributed by atoms with Gasteiger partial charge in [0.2, 0.25) is 0 Å². The van der Waals surface area contributed by atoms with E-state index in [-0.39, 0.29) is 95.6 Å². The Hall–Kier alpha value is -18.3. The van der Waals surface area contributed by atoms with Crippen LogP contribution in [-0.2, 0) is 0 Å². The molecule has 0 unspecified atom stereocenters. The Morgan fingerprint density at radius 3 is 0.738 bits per heavy atom. The predicted octanol–water partition coefficient (Wildman–Crippen LogP) is 21.9. The summed E-state index contributed by atoms with van der Waals surface area (Å²) in [7, 11) is 0. The first-order valence-corrected chi connectivity index (χ1v) is 37.2. The number of benzene rings is 13. The van der Waals surface area contributed by atoms with Crippen LogP contribution < -0.4 is 0 Å². The number of aromatic nitrogens is 10. The molecule has 17 rings (SSSR count). The third-order valence-corrected chi connectivity index (χ3v) is 18.6. The summed E-state index contributed by atoms with van der Waals surface area (Å²) in [5.74, 6) is -1.09. The first-order valence-electron chi connectivity index (χ1n) is 37.2. The van der Waals surface area contributed by atoms with E-state index in [1.165, 1.54) is 36.4 Å². The van der Waals surface area contributed by atoms with Crippen LogP contribution in [0.25, 0.3) is 147 Å². The molecule has 0 radical (unpaired) electrons. The topological polar surface area (TPSA) is 319 Å². The highest BCUT2D eigenvalue weighted by atomic mass is 19.1. The number of hydrogen-bond donors (Lipinski definition) is 0. The van der Waals surface area contributed by atoms with E-state index in [1.54, 1.807) is 42.5 Å². The molecule has 22 heteroatoms. The zero-order valence-electron chi connectivity index (χ0n) is 63.7. The summed E-state index contributed by atoms with van der Waals surface area (Å²) in [6, 6.07) is 112. The summed E-state index contributed by atoms with van der Waals surface area (Å²) < 4.78 is 60.0. The molecule has 4 aromatic heterocycles. The maximum Gasteiger partial charge on any atom is 0.167 e. The van der Waals surface area contributed by atoms with Crippen LogP contribution in [0, 0.1) is 114 Å². The molecule has 0 aliphatic carbocycles. The van der Waals surface area contributed by atoms with E-state index in [1.807, 2.05) is 285 Å². The van der Waals surface area contributed by atoms with Crippen LogP contribution in [-0.4, -0.2) is 49.8 Å². The van der Waals surface area contributed by atoms with Crippen molar-refractivity contribution in [3.8, 4) is 196 Å². The van der Waals surface area contributed by atoms with Gasteiger partial charge < -0.3 is 0 Å². The van der Waals surface area contributed by atoms with Gasteiger partial charge in [-0.3, -0.25) is 0 Å². The van der Waals surface area contributed by atoms with Crippen LogP contribution in [0.15, 0.2) is 328 Å². The molecule has 0 saturated heterocycles. The maximum atomic E-state index is 15.9. The summed E-state index contributed by atoms with van der Waals surface area (Å²) in [6.45, 7) is 0. The van der Waals surface area contributed by atoms with Gasteiger partial charge in [-0.2, -0.15) is 42.1 Å². The van der Waals surface area contributed by atoms with E-state index in [9.17, 15) is 50.0 Å². The Morgan fingerprint density at radius 1 is 0.189 bits per heavy atom. The monoisotopic (exact) mass is 1580 g/mol. The molecule has 13 aromatic carbocycles. The molecule has 0 amide bonds. The second-order valence-electron chi connectivity index (χ2n) is 26.4. The van der Waals surface area contributed by atoms with Gasteiger partial charge in [0.15, 0.2) is 64.0 Å². The summed E-state index contributed by atoms with van der Waals surface area (Å²) in [4.78, 5) is 45.3. The number of nitriles is 8. The summed E-state index contributed by atoms with van der Waals surface area (Å²) in [5, 5.41) is 75.3. The standard InChI is InChI=1S/C29H16FN5.2C24H13FN4.C23H12FN5/c30-26-23(16-22(17-31)25(24(26)18-32)19-10-4-1-5-11-19)29-34-27(20-12-6-2-7-13-20)33-28(35-29)21-14-8-3-9-15-21;25-23-19(15-27)11-16(14-26)12-20(23)24-28-21(17-7-3-1-4-8-17)13-22(29-24)18-9-5-2-6-10-18;25-21-12-20(18(14-26)11-19(21)15-27)24-28-22(16-7-3-1-4-8-16)13-23(29-24)17-9-5-2-6-10-17;24-20-18(14-26)11-15(13-25)12-19(20)23-28-21(16-7-3-1-4-8-16)27-22(29-23)17-9-5-2-6-10-17/h1-16H;2*1-13H;1-12H. The lowest BCUT2D eigenvalue weighted by Gasteiger charge is -2.13. The van der Waals surface area contributed by atoms with Crippen LogP contribution in [0.4, 0.5) is 17.6 Å². The van der Waals surface area contributed by atoms with E-state index < -0.39 is 23.3 Å². The van der Waals surface area contributed by atoms with Crippen molar-refractivity contribution >= 4 is 0 Å². The molecule has 0 aliphatic heterocycles. The fourth-order valence-electron chi connectivity index (χ4n) is 12.7. The molecular formula is C100H54F4N18. The van der Waals surface area contributed by atoms with Gasteiger partial charge in [0.1, 0.15) is 30.1 Å². The van der Waals surface area contributed by atoms with Crippen molar-refractivity contribution in [1.82, 2.24) is 49.8 Å². The minimum Gasteiger partial charge on any atom is -0.228 e. The molecular weight excluding hydrogens is 1530 g/mol. The summed E-state index contributed by atoms with van der Waals surface area (Å²) in [5.41, 5.74) is 9.78. The van der Waals surface area contributed by atoms with Crippen LogP contribution >= 0.6 is 0 Å². The van der Waals surface area contributed by atoms with E-state index in [2.05, 4.69) is 55.9 Å². The molecule has 0 fully saturated rings.